The van der Waals surface area contributed by atoms with Gasteiger partial charge in [0.25, 0.3) is 0 Å². The van der Waals surface area contributed by atoms with Crippen molar-refractivity contribution in [2.45, 2.75) is 25.9 Å². The predicted molar refractivity (Wildman–Crippen MR) is 68.3 cm³/mol. The van der Waals surface area contributed by atoms with E-state index >= 15 is 0 Å². The third-order valence-electron chi connectivity index (χ3n) is 3.60. The molecule has 2 atom stereocenters. The maximum absolute atomic E-state index is 5.64. The van der Waals surface area contributed by atoms with E-state index in [2.05, 4.69) is 17.1 Å². The zero-order chi connectivity index (χ0) is 11.9. The second-order valence-electron chi connectivity index (χ2n) is 5.27. The van der Waals surface area contributed by atoms with E-state index in [1.54, 1.807) is 0 Å². The Labute approximate surface area is 105 Å². The average molecular weight is 242 g/mol. The van der Waals surface area contributed by atoms with Gasteiger partial charge in [-0.05, 0) is 25.7 Å². The van der Waals surface area contributed by atoms with Crippen LogP contribution < -0.4 is 5.32 Å². The van der Waals surface area contributed by atoms with Crippen molar-refractivity contribution in [3.63, 3.8) is 0 Å². The highest BCUT2D eigenvalue weighted by Crippen LogP contribution is 2.10. The highest BCUT2D eigenvalue weighted by Gasteiger charge is 2.16. The van der Waals surface area contributed by atoms with Gasteiger partial charge < -0.3 is 14.8 Å². The molecule has 2 aliphatic heterocycles. The molecule has 0 bridgehead atoms. The van der Waals surface area contributed by atoms with Crippen LogP contribution in [0.5, 0.6) is 0 Å². The van der Waals surface area contributed by atoms with Crippen LogP contribution in [0.3, 0.4) is 0 Å². The Morgan fingerprint density at radius 2 is 2.29 bits per heavy atom. The van der Waals surface area contributed by atoms with Gasteiger partial charge in [0.1, 0.15) is 0 Å². The van der Waals surface area contributed by atoms with Crippen LogP contribution in [0, 0.1) is 5.92 Å². The van der Waals surface area contributed by atoms with E-state index in [0.29, 0.717) is 6.10 Å². The molecule has 4 heteroatoms. The molecule has 0 aliphatic carbocycles. The maximum atomic E-state index is 5.64. The molecule has 17 heavy (non-hydrogen) atoms. The smallest absolute Gasteiger partial charge is 0.0673 e. The summed E-state index contributed by atoms with van der Waals surface area (Å²) in [6.45, 7) is 10.6. The van der Waals surface area contributed by atoms with Crippen molar-refractivity contribution in [1.29, 1.82) is 0 Å². The molecule has 0 spiro atoms. The molecule has 2 rings (SSSR count). The number of rotatable bonds is 5. The molecule has 1 N–H and O–H groups in total. The zero-order valence-electron chi connectivity index (χ0n) is 11.0. The molecular formula is C13H26N2O2. The Kier molecular flexibility index (Phi) is 5.71. The van der Waals surface area contributed by atoms with Crippen LogP contribution in [0.1, 0.15) is 19.8 Å². The molecule has 0 aromatic carbocycles. The molecule has 0 aromatic rings. The van der Waals surface area contributed by atoms with E-state index in [0.717, 1.165) is 51.9 Å². The molecule has 2 saturated heterocycles. The van der Waals surface area contributed by atoms with Crippen LogP contribution in [0.4, 0.5) is 0 Å². The Bertz CT molecular complexity index is 208. The molecule has 2 unspecified atom stereocenters. The van der Waals surface area contributed by atoms with Crippen molar-refractivity contribution in [3.8, 4) is 0 Å². The van der Waals surface area contributed by atoms with Crippen molar-refractivity contribution in [2.24, 2.45) is 5.92 Å². The molecule has 4 nitrogen and oxygen atoms in total. The summed E-state index contributed by atoms with van der Waals surface area (Å²) in [6, 6.07) is 0. The molecule has 0 aromatic heterocycles. The van der Waals surface area contributed by atoms with Gasteiger partial charge in [0, 0.05) is 45.9 Å². The van der Waals surface area contributed by atoms with E-state index in [-0.39, 0.29) is 0 Å². The van der Waals surface area contributed by atoms with Crippen molar-refractivity contribution in [3.05, 3.63) is 0 Å². The fourth-order valence-corrected chi connectivity index (χ4v) is 2.57. The van der Waals surface area contributed by atoms with Gasteiger partial charge in [-0.3, -0.25) is 4.90 Å². The fraction of sp³-hybridized carbons (Fsp3) is 1.00. The molecule has 0 radical (unpaired) electrons. The summed E-state index contributed by atoms with van der Waals surface area (Å²) in [5.74, 6) is 0.737. The second-order valence-corrected chi connectivity index (χ2v) is 5.27. The minimum atomic E-state index is 0.390. The lowest BCUT2D eigenvalue weighted by Gasteiger charge is -2.22. The lowest BCUT2D eigenvalue weighted by Crippen LogP contribution is -2.37. The van der Waals surface area contributed by atoms with Gasteiger partial charge in [0.05, 0.1) is 12.7 Å². The Hall–Kier alpha value is -0.160. The summed E-state index contributed by atoms with van der Waals surface area (Å²) in [6.07, 6.45) is 2.78. The van der Waals surface area contributed by atoms with Gasteiger partial charge in [-0.1, -0.05) is 0 Å². The van der Waals surface area contributed by atoms with Gasteiger partial charge in [-0.15, -0.1) is 0 Å². The third-order valence-corrected chi connectivity index (χ3v) is 3.60. The largest absolute Gasteiger partial charge is 0.381 e. The summed E-state index contributed by atoms with van der Waals surface area (Å²) in [5, 5.41) is 3.55. The highest BCUT2D eigenvalue weighted by molar-refractivity contribution is 4.70. The molecule has 2 aliphatic rings. The summed E-state index contributed by atoms with van der Waals surface area (Å²) in [4.78, 5) is 2.51. The second kappa shape index (κ2) is 7.31. The van der Waals surface area contributed by atoms with Crippen LogP contribution >= 0.6 is 0 Å². The van der Waals surface area contributed by atoms with Gasteiger partial charge in [0.15, 0.2) is 0 Å². The number of hydrogen-bond acceptors (Lipinski definition) is 4. The summed E-state index contributed by atoms with van der Waals surface area (Å²) in [5.41, 5.74) is 0. The van der Waals surface area contributed by atoms with Crippen LogP contribution in [0.25, 0.3) is 0 Å². The summed E-state index contributed by atoms with van der Waals surface area (Å²) in [7, 11) is 0. The average Bonchev–Trinajstić information content (AvgIpc) is 2.74. The lowest BCUT2D eigenvalue weighted by atomic mass is 10.1. The number of hydrogen-bond donors (Lipinski definition) is 1. The first-order chi connectivity index (χ1) is 8.34. The first-order valence-electron chi connectivity index (χ1n) is 6.97. The van der Waals surface area contributed by atoms with Gasteiger partial charge in [-0.25, -0.2) is 0 Å². The minimum absolute atomic E-state index is 0.390. The van der Waals surface area contributed by atoms with E-state index in [9.17, 15) is 0 Å². The Morgan fingerprint density at radius 3 is 3.12 bits per heavy atom. The van der Waals surface area contributed by atoms with Crippen molar-refractivity contribution in [1.82, 2.24) is 10.2 Å². The minimum Gasteiger partial charge on any atom is -0.381 e. The summed E-state index contributed by atoms with van der Waals surface area (Å²) >= 11 is 0. The maximum Gasteiger partial charge on any atom is 0.0673 e. The Balaban J connectivity index is 1.54. The van der Waals surface area contributed by atoms with E-state index in [1.807, 2.05) is 0 Å². The normalized spacial score (nSPS) is 31.6. The zero-order valence-corrected chi connectivity index (χ0v) is 11.0. The monoisotopic (exact) mass is 242 g/mol. The standard InChI is InChI=1S/C13H26N2O2/c1-12-10-15(5-2-7-17-12)6-4-14-9-13-3-8-16-11-13/h12-14H,2-11H2,1H3. The van der Waals surface area contributed by atoms with Gasteiger partial charge >= 0.3 is 0 Å². The highest BCUT2D eigenvalue weighted by atomic mass is 16.5. The van der Waals surface area contributed by atoms with E-state index < -0.39 is 0 Å². The van der Waals surface area contributed by atoms with Crippen LogP contribution in [-0.4, -0.2) is 63.5 Å². The van der Waals surface area contributed by atoms with Gasteiger partial charge in [-0.2, -0.15) is 0 Å². The third kappa shape index (κ3) is 4.92. The van der Waals surface area contributed by atoms with Crippen molar-refractivity contribution in [2.75, 3.05) is 52.5 Å². The molecule has 2 heterocycles. The van der Waals surface area contributed by atoms with Gasteiger partial charge in [0.2, 0.25) is 0 Å². The first-order valence-corrected chi connectivity index (χ1v) is 6.97. The molecule has 100 valence electrons. The lowest BCUT2D eigenvalue weighted by molar-refractivity contribution is 0.0679. The molecule has 0 saturated carbocycles. The first kappa shape index (κ1) is 13.3. The van der Waals surface area contributed by atoms with E-state index in [1.165, 1.54) is 19.4 Å². The number of ether oxygens (including phenoxy) is 2. The molecule has 2 fully saturated rings. The van der Waals surface area contributed by atoms with Crippen LogP contribution in [0.15, 0.2) is 0 Å². The van der Waals surface area contributed by atoms with Crippen LogP contribution in [0.2, 0.25) is 0 Å². The Morgan fingerprint density at radius 1 is 1.35 bits per heavy atom. The topological polar surface area (TPSA) is 33.7 Å². The van der Waals surface area contributed by atoms with E-state index in [4.69, 9.17) is 9.47 Å². The molecule has 0 amide bonds. The predicted octanol–water partition coefficient (Wildman–Crippen LogP) is 0.723. The SMILES string of the molecule is CC1CN(CCNCC2CCOC2)CCCO1. The fourth-order valence-electron chi connectivity index (χ4n) is 2.57. The number of nitrogens with one attached hydrogen (secondary N) is 1. The van der Waals surface area contributed by atoms with Crippen LogP contribution in [-0.2, 0) is 9.47 Å². The van der Waals surface area contributed by atoms with Crippen molar-refractivity contribution < 1.29 is 9.47 Å². The summed E-state index contributed by atoms with van der Waals surface area (Å²) < 4.78 is 11.0. The number of nitrogens with zero attached hydrogens (tertiary/aromatic N) is 1. The quantitative estimate of drug-likeness (QED) is 0.721. The van der Waals surface area contributed by atoms with Crippen molar-refractivity contribution >= 4 is 0 Å². The molecular weight excluding hydrogens is 216 g/mol.